The summed E-state index contributed by atoms with van der Waals surface area (Å²) < 4.78 is 10.8. The normalized spacial score (nSPS) is 13.5. The molecule has 0 bridgehead atoms. The molecule has 0 saturated carbocycles. The molecule has 2 aromatic heterocycles. The van der Waals surface area contributed by atoms with Gasteiger partial charge in [0.05, 0.1) is 23.7 Å². The number of thiophene rings is 1. The minimum absolute atomic E-state index is 0.00410. The number of aryl methyl sites for hydroxylation is 1. The van der Waals surface area contributed by atoms with Crippen molar-refractivity contribution in [1.82, 2.24) is 5.32 Å². The number of carbonyl (C=O) groups is 4. The molecule has 3 amide bonds. The molecule has 244 valence electrons. The van der Waals surface area contributed by atoms with Crippen LogP contribution in [0.1, 0.15) is 76.4 Å². The monoisotopic (exact) mass is 671 g/mol. The highest BCUT2D eigenvalue weighted by molar-refractivity contribution is 8.00. The lowest BCUT2D eigenvalue weighted by Crippen LogP contribution is -2.30. The quantitative estimate of drug-likeness (QED) is 0.0610. The van der Waals surface area contributed by atoms with Gasteiger partial charge in [0.15, 0.2) is 0 Å². The molecule has 1 unspecified atom stereocenters. The van der Waals surface area contributed by atoms with E-state index in [4.69, 9.17) is 9.15 Å². The first kappa shape index (κ1) is 33.7. The van der Waals surface area contributed by atoms with Gasteiger partial charge in [0.25, 0.3) is 11.8 Å². The van der Waals surface area contributed by atoms with E-state index in [1.54, 1.807) is 67.6 Å². The van der Waals surface area contributed by atoms with Crippen molar-refractivity contribution in [2.75, 3.05) is 17.2 Å². The Labute approximate surface area is 282 Å². The van der Waals surface area contributed by atoms with Crippen molar-refractivity contribution in [3.05, 3.63) is 106 Å². The van der Waals surface area contributed by atoms with Crippen molar-refractivity contribution in [1.29, 1.82) is 0 Å². The molecule has 0 fully saturated rings. The third-order valence-electron chi connectivity index (χ3n) is 7.53. The summed E-state index contributed by atoms with van der Waals surface area (Å²) in [5.41, 5.74) is 2.39. The summed E-state index contributed by atoms with van der Waals surface area (Å²) >= 11 is 2.84. The standard InChI is InChI=1S/C36H37N3O6S2/c1-3-29(34(42)39-35-31(36(43)44-4-2)27-18-9-6-10-19-30(27)47-35)46-26-17-11-15-24(21-26)37-33(41)28(22-25-16-12-20-45-25)38-32(40)23-13-7-5-8-14-23/h5,7-8,11-17,20-22,29H,3-4,6,9-10,18-19H2,1-2H3,(H,37,41)(H,38,40)(H,39,42)/b28-22-. The van der Waals surface area contributed by atoms with Crippen LogP contribution in [0.4, 0.5) is 10.7 Å². The minimum Gasteiger partial charge on any atom is -0.465 e. The number of nitrogens with one attached hydrogen (secondary N) is 3. The zero-order chi connectivity index (χ0) is 33.2. The highest BCUT2D eigenvalue weighted by Gasteiger charge is 2.28. The van der Waals surface area contributed by atoms with E-state index in [0.717, 1.165) is 47.4 Å². The SMILES string of the molecule is CCOC(=O)c1c(NC(=O)C(CC)Sc2cccc(NC(=O)/C(=C/c3ccco3)NC(=O)c3ccccc3)c2)sc2c1CCCCC2. The Bertz CT molecular complexity index is 1750. The molecular formula is C36H37N3O6S2. The second kappa shape index (κ2) is 16.3. The van der Waals surface area contributed by atoms with Gasteiger partial charge in [-0.3, -0.25) is 14.4 Å². The maximum absolute atomic E-state index is 13.6. The number of amides is 3. The predicted octanol–water partition coefficient (Wildman–Crippen LogP) is 7.71. The number of furan rings is 1. The molecule has 11 heteroatoms. The van der Waals surface area contributed by atoms with Gasteiger partial charge >= 0.3 is 5.97 Å². The van der Waals surface area contributed by atoms with Crippen molar-refractivity contribution in [2.24, 2.45) is 0 Å². The number of benzene rings is 2. The maximum atomic E-state index is 13.6. The molecule has 0 saturated heterocycles. The van der Waals surface area contributed by atoms with E-state index in [1.807, 2.05) is 13.0 Å². The summed E-state index contributed by atoms with van der Waals surface area (Å²) in [6, 6.07) is 19.1. The molecule has 1 aliphatic rings. The van der Waals surface area contributed by atoms with Gasteiger partial charge in [0.2, 0.25) is 5.91 Å². The molecule has 2 aromatic carbocycles. The summed E-state index contributed by atoms with van der Waals surface area (Å²) in [4.78, 5) is 54.7. The number of thioether (sulfide) groups is 1. The van der Waals surface area contributed by atoms with E-state index in [9.17, 15) is 19.2 Å². The number of fused-ring (bicyclic) bond motifs is 1. The van der Waals surface area contributed by atoms with E-state index in [1.165, 1.54) is 35.4 Å². The summed E-state index contributed by atoms with van der Waals surface area (Å²) in [5.74, 6) is -1.18. The Morgan fingerprint density at radius 2 is 1.77 bits per heavy atom. The summed E-state index contributed by atoms with van der Waals surface area (Å²) in [6.45, 7) is 3.97. The average molecular weight is 672 g/mol. The van der Waals surface area contributed by atoms with Gasteiger partial charge in [-0.05, 0) is 87.1 Å². The van der Waals surface area contributed by atoms with Crippen LogP contribution >= 0.6 is 23.1 Å². The Hall–Kier alpha value is -4.61. The Morgan fingerprint density at radius 3 is 2.51 bits per heavy atom. The number of ether oxygens (including phenoxy) is 1. The molecule has 3 N–H and O–H groups in total. The number of hydrogen-bond acceptors (Lipinski definition) is 8. The van der Waals surface area contributed by atoms with Crippen molar-refractivity contribution in [2.45, 2.75) is 62.5 Å². The smallest absolute Gasteiger partial charge is 0.341 e. The summed E-state index contributed by atoms with van der Waals surface area (Å²) in [7, 11) is 0. The molecule has 5 rings (SSSR count). The van der Waals surface area contributed by atoms with E-state index >= 15 is 0 Å². The molecule has 1 atom stereocenters. The second-order valence-electron chi connectivity index (χ2n) is 10.9. The van der Waals surface area contributed by atoms with Crippen LogP contribution in [0.3, 0.4) is 0 Å². The van der Waals surface area contributed by atoms with Crippen LogP contribution in [0.5, 0.6) is 0 Å². The first-order chi connectivity index (χ1) is 22.9. The van der Waals surface area contributed by atoms with Gasteiger partial charge in [-0.1, -0.05) is 37.6 Å². The molecule has 1 aliphatic carbocycles. The van der Waals surface area contributed by atoms with E-state index in [-0.39, 0.29) is 18.2 Å². The fourth-order valence-corrected chi connectivity index (χ4v) is 7.53. The Balaban J connectivity index is 1.30. The number of esters is 1. The third kappa shape index (κ3) is 8.81. The van der Waals surface area contributed by atoms with Gasteiger partial charge in [-0.25, -0.2) is 4.79 Å². The zero-order valence-corrected chi connectivity index (χ0v) is 27.9. The van der Waals surface area contributed by atoms with E-state index < -0.39 is 23.0 Å². The molecule has 0 aliphatic heterocycles. The Morgan fingerprint density at radius 1 is 0.957 bits per heavy atom. The molecule has 4 aromatic rings. The first-order valence-electron chi connectivity index (χ1n) is 15.7. The van der Waals surface area contributed by atoms with Crippen molar-refractivity contribution in [3.8, 4) is 0 Å². The van der Waals surface area contributed by atoms with Crippen LogP contribution in [0.2, 0.25) is 0 Å². The van der Waals surface area contributed by atoms with Crippen LogP contribution in [0, 0.1) is 0 Å². The minimum atomic E-state index is -0.540. The van der Waals surface area contributed by atoms with Gasteiger partial charge in [0, 0.05) is 27.1 Å². The second-order valence-corrected chi connectivity index (χ2v) is 13.2. The number of carbonyl (C=O) groups excluding carboxylic acids is 4. The lowest BCUT2D eigenvalue weighted by Gasteiger charge is -2.16. The van der Waals surface area contributed by atoms with Crippen molar-refractivity contribution in [3.63, 3.8) is 0 Å². The fraction of sp³-hybridized carbons (Fsp3) is 0.278. The highest BCUT2D eigenvalue weighted by atomic mass is 32.2. The van der Waals surface area contributed by atoms with E-state index in [0.29, 0.717) is 34.0 Å². The van der Waals surface area contributed by atoms with Crippen LogP contribution in [-0.4, -0.2) is 35.5 Å². The van der Waals surface area contributed by atoms with Gasteiger partial charge < -0.3 is 25.1 Å². The molecule has 9 nitrogen and oxygen atoms in total. The highest BCUT2D eigenvalue weighted by Crippen LogP contribution is 2.39. The van der Waals surface area contributed by atoms with Gasteiger partial charge in [-0.15, -0.1) is 23.1 Å². The number of anilines is 2. The van der Waals surface area contributed by atoms with Crippen LogP contribution in [0.25, 0.3) is 6.08 Å². The molecule has 47 heavy (non-hydrogen) atoms. The van der Waals surface area contributed by atoms with Gasteiger partial charge in [0.1, 0.15) is 16.5 Å². The molecule has 2 heterocycles. The average Bonchev–Trinajstić information content (AvgIpc) is 3.65. The molecular weight excluding hydrogens is 635 g/mol. The van der Waals surface area contributed by atoms with Crippen molar-refractivity contribution < 1.29 is 28.3 Å². The summed E-state index contributed by atoms with van der Waals surface area (Å²) in [6.07, 6.45) is 8.34. The molecule has 0 spiro atoms. The van der Waals surface area contributed by atoms with Crippen LogP contribution in [-0.2, 0) is 27.2 Å². The van der Waals surface area contributed by atoms with Gasteiger partial charge in [-0.2, -0.15) is 0 Å². The third-order valence-corrected chi connectivity index (χ3v) is 10.1. The Kier molecular flexibility index (Phi) is 11.7. The fourth-order valence-electron chi connectivity index (χ4n) is 5.23. The maximum Gasteiger partial charge on any atom is 0.341 e. The molecule has 0 radical (unpaired) electrons. The lowest BCUT2D eigenvalue weighted by atomic mass is 10.1. The lowest BCUT2D eigenvalue weighted by molar-refractivity contribution is -0.116. The first-order valence-corrected chi connectivity index (χ1v) is 17.4. The van der Waals surface area contributed by atoms with Crippen LogP contribution < -0.4 is 16.0 Å². The summed E-state index contributed by atoms with van der Waals surface area (Å²) in [5, 5.41) is 8.67. The number of rotatable bonds is 12. The zero-order valence-electron chi connectivity index (χ0n) is 26.3. The largest absolute Gasteiger partial charge is 0.465 e. The topological polar surface area (TPSA) is 127 Å². The van der Waals surface area contributed by atoms with E-state index in [2.05, 4.69) is 16.0 Å². The number of hydrogen-bond donors (Lipinski definition) is 3. The van der Waals surface area contributed by atoms with Crippen LogP contribution in [0.15, 0.2) is 88.0 Å². The van der Waals surface area contributed by atoms with Crippen molar-refractivity contribution >= 4 is 63.6 Å². The predicted molar refractivity (Wildman–Crippen MR) is 186 cm³/mol.